The van der Waals surface area contributed by atoms with Gasteiger partial charge in [-0.15, -0.1) is 0 Å². The van der Waals surface area contributed by atoms with Gasteiger partial charge in [-0.3, -0.25) is 0 Å². The fourth-order valence-electron chi connectivity index (χ4n) is 2.36. The summed E-state index contributed by atoms with van der Waals surface area (Å²) in [5.41, 5.74) is 1.88. The van der Waals surface area contributed by atoms with Crippen LogP contribution in [0, 0.1) is 12.8 Å². The molecular weight excluding hydrogens is 208 g/mol. The van der Waals surface area contributed by atoms with Crippen molar-refractivity contribution >= 4 is 0 Å². The maximum absolute atomic E-state index is 9.31. The Hall–Kier alpha value is -1.07. The number of ether oxygens (including phenoxy) is 2. The third-order valence-corrected chi connectivity index (χ3v) is 3.14. The summed E-state index contributed by atoms with van der Waals surface area (Å²) in [6.07, 6.45) is 0.798. The van der Waals surface area contributed by atoms with Crippen molar-refractivity contribution in [2.75, 3.05) is 20.3 Å². The number of aryl methyl sites for hydroxylation is 2. The lowest BCUT2D eigenvalue weighted by Crippen LogP contribution is -2.13. The van der Waals surface area contributed by atoms with E-state index >= 15 is 0 Å². The van der Waals surface area contributed by atoms with Crippen molar-refractivity contribution in [3.05, 3.63) is 11.3 Å². The Kier molecular flexibility index (Phi) is 3.16. The van der Waals surface area contributed by atoms with Crippen LogP contribution in [-0.4, -0.2) is 35.2 Å². The van der Waals surface area contributed by atoms with E-state index in [-0.39, 0.29) is 18.6 Å². The van der Waals surface area contributed by atoms with Crippen molar-refractivity contribution in [3.8, 4) is 5.88 Å². The molecule has 2 rings (SSSR count). The van der Waals surface area contributed by atoms with E-state index in [1.54, 1.807) is 11.8 Å². The van der Waals surface area contributed by atoms with Crippen molar-refractivity contribution in [3.63, 3.8) is 0 Å². The average molecular weight is 226 g/mol. The van der Waals surface area contributed by atoms with Crippen molar-refractivity contribution in [1.29, 1.82) is 0 Å². The molecule has 1 saturated heterocycles. The predicted octanol–water partition coefficient (Wildman–Crippen LogP) is 0.807. The zero-order valence-electron chi connectivity index (χ0n) is 9.93. The quantitative estimate of drug-likeness (QED) is 0.828. The van der Waals surface area contributed by atoms with Crippen LogP contribution in [0.1, 0.15) is 23.8 Å². The van der Waals surface area contributed by atoms with E-state index in [9.17, 15) is 5.11 Å². The van der Waals surface area contributed by atoms with Gasteiger partial charge in [-0.1, -0.05) is 0 Å². The molecule has 0 saturated carbocycles. The second-order valence-electron chi connectivity index (χ2n) is 4.15. The molecule has 0 radical (unpaired) electrons. The molecule has 0 aliphatic carbocycles. The SMILES string of the molecule is COc1c(C2OCCC2CO)c(C)nn1C. The van der Waals surface area contributed by atoms with Crippen LogP contribution in [0.15, 0.2) is 0 Å². The molecule has 0 aromatic carbocycles. The molecule has 1 aromatic rings. The molecule has 5 heteroatoms. The van der Waals surface area contributed by atoms with Gasteiger partial charge in [0.2, 0.25) is 5.88 Å². The maximum Gasteiger partial charge on any atom is 0.217 e. The average Bonchev–Trinajstić information content (AvgIpc) is 2.81. The second-order valence-corrected chi connectivity index (χ2v) is 4.15. The number of aromatic nitrogens is 2. The summed E-state index contributed by atoms with van der Waals surface area (Å²) in [4.78, 5) is 0. The Labute approximate surface area is 95.0 Å². The highest BCUT2D eigenvalue weighted by atomic mass is 16.5. The zero-order valence-corrected chi connectivity index (χ0v) is 9.93. The number of hydrogen-bond donors (Lipinski definition) is 1. The van der Waals surface area contributed by atoms with Crippen molar-refractivity contribution < 1.29 is 14.6 Å². The molecule has 0 bridgehead atoms. The lowest BCUT2D eigenvalue weighted by Gasteiger charge is -2.17. The van der Waals surface area contributed by atoms with Gasteiger partial charge in [0.25, 0.3) is 0 Å². The van der Waals surface area contributed by atoms with Gasteiger partial charge in [-0.25, -0.2) is 4.68 Å². The van der Waals surface area contributed by atoms with Gasteiger partial charge < -0.3 is 14.6 Å². The highest BCUT2D eigenvalue weighted by Gasteiger charge is 2.34. The van der Waals surface area contributed by atoms with E-state index in [0.717, 1.165) is 23.6 Å². The minimum atomic E-state index is -0.0892. The Morgan fingerprint density at radius 1 is 1.62 bits per heavy atom. The largest absolute Gasteiger partial charge is 0.481 e. The number of methoxy groups -OCH3 is 1. The molecule has 0 spiro atoms. The summed E-state index contributed by atoms with van der Waals surface area (Å²) in [6.45, 7) is 2.77. The van der Waals surface area contributed by atoms with Crippen LogP contribution in [-0.2, 0) is 11.8 Å². The molecule has 1 aliphatic heterocycles. The zero-order chi connectivity index (χ0) is 11.7. The highest BCUT2D eigenvalue weighted by Crippen LogP contribution is 2.40. The minimum Gasteiger partial charge on any atom is -0.481 e. The van der Waals surface area contributed by atoms with Crippen LogP contribution in [0.25, 0.3) is 0 Å². The third-order valence-electron chi connectivity index (χ3n) is 3.14. The second kappa shape index (κ2) is 4.43. The molecule has 2 heterocycles. The van der Waals surface area contributed by atoms with E-state index in [1.165, 1.54) is 0 Å². The van der Waals surface area contributed by atoms with Crippen LogP contribution in [0.5, 0.6) is 5.88 Å². The van der Waals surface area contributed by atoms with Gasteiger partial charge in [-0.2, -0.15) is 5.10 Å². The topological polar surface area (TPSA) is 56.5 Å². The molecule has 5 nitrogen and oxygen atoms in total. The lowest BCUT2D eigenvalue weighted by molar-refractivity contribution is 0.0694. The van der Waals surface area contributed by atoms with Gasteiger partial charge in [0.1, 0.15) is 0 Å². The first-order chi connectivity index (χ1) is 7.69. The Morgan fingerprint density at radius 2 is 2.38 bits per heavy atom. The molecule has 2 unspecified atom stereocenters. The third kappa shape index (κ3) is 1.70. The number of aliphatic hydroxyl groups excluding tert-OH is 1. The van der Waals surface area contributed by atoms with Crippen LogP contribution in [0.2, 0.25) is 0 Å². The Balaban J connectivity index is 2.38. The van der Waals surface area contributed by atoms with E-state index in [0.29, 0.717) is 6.61 Å². The summed E-state index contributed by atoms with van der Waals surface area (Å²) in [5.74, 6) is 0.875. The summed E-state index contributed by atoms with van der Waals surface area (Å²) >= 11 is 0. The van der Waals surface area contributed by atoms with E-state index in [2.05, 4.69) is 5.10 Å². The fourth-order valence-corrected chi connectivity index (χ4v) is 2.36. The minimum absolute atomic E-state index is 0.0892. The van der Waals surface area contributed by atoms with Gasteiger partial charge in [0.05, 0.1) is 24.5 Å². The van der Waals surface area contributed by atoms with Crippen LogP contribution in [0.4, 0.5) is 0 Å². The van der Waals surface area contributed by atoms with Crippen LogP contribution >= 0.6 is 0 Å². The van der Waals surface area contributed by atoms with E-state index < -0.39 is 0 Å². The smallest absolute Gasteiger partial charge is 0.217 e. The monoisotopic (exact) mass is 226 g/mol. The van der Waals surface area contributed by atoms with E-state index in [1.807, 2.05) is 14.0 Å². The first-order valence-corrected chi connectivity index (χ1v) is 5.49. The highest BCUT2D eigenvalue weighted by molar-refractivity contribution is 5.34. The van der Waals surface area contributed by atoms with Gasteiger partial charge >= 0.3 is 0 Å². The molecule has 16 heavy (non-hydrogen) atoms. The molecule has 2 atom stereocenters. The molecule has 90 valence electrons. The Bertz CT molecular complexity index is 376. The summed E-state index contributed by atoms with van der Waals surface area (Å²) < 4.78 is 12.7. The molecule has 1 fully saturated rings. The number of nitrogens with zero attached hydrogens (tertiary/aromatic N) is 2. The van der Waals surface area contributed by atoms with Crippen molar-refractivity contribution in [2.45, 2.75) is 19.4 Å². The van der Waals surface area contributed by atoms with Gasteiger partial charge in [-0.05, 0) is 13.3 Å². The first-order valence-electron chi connectivity index (χ1n) is 5.49. The molecule has 1 aliphatic rings. The first kappa shape index (κ1) is 11.4. The van der Waals surface area contributed by atoms with Crippen molar-refractivity contribution in [2.24, 2.45) is 13.0 Å². The summed E-state index contributed by atoms with van der Waals surface area (Å²) in [7, 11) is 3.47. The van der Waals surface area contributed by atoms with Gasteiger partial charge in [0, 0.05) is 26.2 Å². The number of rotatable bonds is 3. The molecule has 1 aromatic heterocycles. The normalized spacial score (nSPS) is 25.0. The number of hydrogen-bond acceptors (Lipinski definition) is 4. The van der Waals surface area contributed by atoms with E-state index in [4.69, 9.17) is 9.47 Å². The molecule has 0 amide bonds. The lowest BCUT2D eigenvalue weighted by atomic mass is 9.96. The predicted molar refractivity (Wildman–Crippen MR) is 58.4 cm³/mol. The van der Waals surface area contributed by atoms with Crippen LogP contribution < -0.4 is 4.74 Å². The van der Waals surface area contributed by atoms with Crippen molar-refractivity contribution in [1.82, 2.24) is 9.78 Å². The maximum atomic E-state index is 9.31. The summed E-state index contributed by atoms with van der Waals surface area (Å²) in [6, 6.07) is 0. The van der Waals surface area contributed by atoms with Gasteiger partial charge in [0.15, 0.2) is 0 Å². The molecule has 1 N–H and O–H groups in total. The Morgan fingerprint density at radius 3 is 3.00 bits per heavy atom. The fraction of sp³-hybridized carbons (Fsp3) is 0.727. The van der Waals surface area contributed by atoms with Crippen LogP contribution in [0.3, 0.4) is 0 Å². The number of aliphatic hydroxyl groups is 1. The standard InChI is InChI=1S/C11H18N2O3/c1-7-9(11(15-3)13(2)12-7)10-8(6-14)4-5-16-10/h8,10,14H,4-6H2,1-3H3. The summed E-state index contributed by atoms with van der Waals surface area (Å²) in [5, 5.41) is 13.6. The molecular formula is C11H18N2O3.